The van der Waals surface area contributed by atoms with Crippen molar-refractivity contribution < 1.29 is 10.2 Å². The van der Waals surface area contributed by atoms with E-state index in [9.17, 15) is 10.2 Å². The Morgan fingerprint density at radius 1 is 1.00 bits per heavy atom. The highest BCUT2D eigenvalue weighted by molar-refractivity contribution is 5.89. The molecule has 96 valence electrons. The van der Waals surface area contributed by atoms with Crippen LogP contribution in [0.15, 0.2) is 67.3 Å². The Labute approximate surface area is 113 Å². The SMILES string of the molecule is C=CCC(=C(O)c1ccccc1)c1ccccc1O. The maximum absolute atomic E-state index is 10.4. The first-order valence-electron chi connectivity index (χ1n) is 6.11. The average molecular weight is 252 g/mol. The summed E-state index contributed by atoms with van der Waals surface area (Å²) in [6.45, 7) is 3.70. The lowest BCUT2D eigenvalue weighted by Crippen LogP contribution is -1.92. The Bertz CT molecular complexity index is 598. The fourth-order valence-electron chi connectivity index (χ4n) is 1.98. The number of benzene rings is 2. The number of rotatable bonds is 4. The molecule has 2 nitrogen and oxygen atoms in total. The molecule has 2 aromatic rings. The monoisotopic (exact) mass is 252 g/mol. The van der Waals surface area contributed by atoms with Crippen molar-refractivity contribution >= 4 is 11.3 Å². The van der Waals surface area contributed by atoms with Gasteiger partial charge in [0.05, 0.1) is 0 Å². The zero-order valence-corrected chi connectivity index (χ0v) is 10.6. The van der Waals surface area contributed by atoms with Gasteiger partial charge in [-0.15, -0.1) is 6.58 Å². The minimum Gasteiger partial charge on any atom is -0.507 e. The van der Waals surface area contributed by atoms with Crippen LogP contribution in [-0.4, -0.2) is 10.2 Å². The second-order valence-electron chi connectivity index (χ2n) is 4.20. The number of aliphatic hydroxyl groups is 1. The quantitative estimate of drug-likeness (QED) is 0.481. The van der Waals surface area contributed by atoms with Gasteiger partial charge < -0.3 is 10.2 Å². The summed E-state index contributed by atoms with van der Waals surface area (Å²) in [7, 11) is 0. The highest BCUT2D eigenvalue weighted by atomic mass is 16.3. The van der Waals surface area contributed by atoms with Crippen molar-refractivity contribution in [1.82, 2.24) is 0 Å². The van der Waals surface area contributed by atoms with E-state index >= 15 is 0 Å². The minimum absolute atomic E-state index is 0.154. The van der Waals surface area contributed by atoms with Crippen LogP contribution in [0.3, 0.4) is 0 Å². The summed E-state index contributed by atoms with van der Waals surface area (Å²) < 4.78 is 0. The van der Waals surface area contributed by atoms with E-state index in [0.29, 0.717) is 17.6 Å². The van der Waals surface area contributed by atoms with E-state index in [4.69, 9.17) is 0 Å². The largest absolute Gasteiger partial charge is 0.507 e. The summed E-state index contributed by atoms with van der Waals surface area (Å²) in [5.74, 6) is 0.323. The molecule has 0 atom stereocenters. The summed E-state index contributed by atoms with van der Waals surface area (Å²) in [4.78, 5) is 0. The standard InChI is InChI=1S/C17H16O2/c1-2-8-15(14-11-6-7-12-16(14)18)17(19)13-9-4-3-5-10-13/h2-7,9-12,18-19H,1,8H2. The molecular formula is C17H16O2. The number of allylic oxidation sites excluding steroid dienone is 2. The Morgan fingerprint density at radius 2 is 1.63 bits per heavy atom. The van der Waals surface area contributed by atoms with Gasteiger partial charge in [0, 0.05) is 16.7 Å². The van der Waals surface area contributed by atoms with Gasteiger partial charge in [-0.25, -0.2) is 0 Å². The van der Waals surface area contributed by atoms with Crippen molar-refractivity contribution in [2.45, 2.75) is 6.42 Å². The van der Waals surface area contributed by atoms with E-state index in [2.05, 4.69) is 6.58 Å². The van der Waals surface area contributed by atoms with Gasteiger partial charge in [-0.05, 0) is 12.5 Å². The van der Waals surface area contributed by atoms with Crippen LogP contribution < -0.4 is 0 Å². The molecule has 2 heteroatoms. The van der Waals surface area contributed by atoms with Gasteiger partial charge in [0.2, 0.25) is 0 Å². The van der Waals surface area contributed by atoms with Crippen LogP contribution in [0.1, 0.15) is 17.5 Å². The molecular weight excluding hydrogens is 236 g/mol. The first kappa shape index (κ1) is 13.0. The number of para-hydroxylation sites is 1. The second-order valence-corrected chi connectivity index (χ2v) is 4.20. The fourth-order valence-corrected chi connectivity index (χ4v) is 1.98. The number of phenolic OH excluding ortho intramolecular Hbond substituents is 1. The summed E-state index contributed by atoms with van der Waals surface area (Å²) >= 11 is 0. The van der Waals surface area contributed by atoms with Gasteiger partial charge in [0.25, 0.3) is 0 Å². The third kappa shape index (κ3) is 2.86. The first-order valence-corrected chi connectivity index (χ1v) is 6.11. The van der Waals surface area contributed by atoms with E-state index in [-0.39, 0.29) is 11.5 Å². The number of hydrogen-bond donors (Lipinski definition) is 2. The highest BCUT2D eigenvalue weighted by Gasteiger charge is 2.12. The molecule has 0 spiro atoms. The first-order chi connectivity index (χ1) is 9.24. The molecule has 0 radical (unpaired) electrons. The zero-order valence-electron chi connectivity index (χ0n) is 10.6. The normalized spacial score (nSPS) is 11.8. The molecule has 0 aliphatic heterocycles. The predicted octanol–water partition coefficient (Wildman–Crippen LogP) is 4.39. The predicted molar refractivity (Wildman–Crippen MR) is 78.8 cm³/mol. The van der Waals surface area contributed by atoms with Crippen LogP contribution in [0.2, 0.25) is 0 Å². The van der Waals surface area contributed by atoms with Crippen LogP contribution in [0.25, 0.3) is 11.3 Å². The van der Waals surface area contributed by atoms with Gasteiger partial charge >= 0.3 is 0 Å². The van der Waals surface area contributed by atoms with Crippen LogP contribution in [0, 0.1) is 0 Å². The number of phenols is 1. The topological polar surface area (TPSA) is 40.5 Å². The molecule has 0 amide bonds. The molecule has 2 rings (SSSR count). The number of aromatic hydroxyl groups is 1. The van der Waals surface area contributed by atoms with Crippen LogP contribution in [-0.2, 0) is 0 Å². The molecule has 2 N–H and O–H groups in total. The Balaban J connectivity index is 2.57. The molecule has 0 aromatic heterocycles. The van der Waals surface area contributed by atoms with E-state index in [0.717, 1.165) is 5.56 Å². The Hall–Kier alpha value is -2.48. The molecule has 0 unspecified atom stereocenters. The number of aliphatic hydroxyl groups excluding tert-OH is 1. The maximum atomic E-state index is 10.4. The second kappa shape index (κ2) is 5.91. The third-order valence-corrected chi connectivity index (χ3v) is 2.91. The average Bonchev–Trinajstić information content (AvgIpc) is 2.46. The van der Waals surface area contributed by atoms with Crippen LogP contribution >= 0.6 is 0 Å². The van der Waals surface area contributed by atoms with Crippen molar-refractivity contribution in [3.8, 4) is 5.75 Å². The van der Waals surface area contributed by atoms with Crippen LogP contribution in [0.5, 0.6) is 5.75 Å². The summed E-state index contributed by atoms with van der Waals surface area (Å²) in [5.41, 5.74) is 2.02. The fraction of sp³-hybridized carbons (Fsp3) is 0.0588. The summed E-state index contributed by atoms with van der Waals surface area (Å²) in [6.07, 6.45) is 2.19. The third-order valence-electron chi connectivity index (χ3n) is 2.91. The Morgan fingerprint density at radius 3 is 2.26 bits per heavy atom. The maximum Gasteiger partial charge on any atom is 0.127 e. The van der Waals surface area contributed by atoms with Crippen molar-refractivity contribution in [3.63, 3.8) is 0 Å². The lowest BCUT2D eigenvalue weighted by atomic mass is 9.97. The smallest absolute Gasteiger partial charge is 0.127 e. The van der Waals surface area contributed by atoms with Gasteiger partial charge in [0.1, 0.15) is 11.5 Å². The van der Waals surface area contributed by atoms with E-state index in [1.165, 1.54) is 0 Å². The molecule has 0 bridgehead atoms. The van der Waals surface area contributed by atoms with E-state index < -0.39 is 0 Å². The van der Waals surface area contributed by atoms with Crippen molar-refractivity contribution in [3.05, 3.63) is 78.4 Å². The van der Waals surface area contributed by atoms with Crippen molar-refractivity contribution in [2.75, 3.05) is 0 Å². The molecule has 19 heavy (non-hydrogen) atoms. The number of hydrogen-bond acceptors (Lipinski definition) is 2. The lowest BCUT2D eigenvalue weighted by molar-refractivity contribution is 0.472. The zero-order chi connectivity index (χ0) is 13.7. The molecule has 0 heterocycles. The molecule has 0 aliphatic carbocycles. The van der Waals surface area contributed by atoms with Crippen molar-refractivity contribution in [2.24, 2.45) is 0 Å². The molecule has 2 aromatic carbocycles. The summed E-state index contributed by atoms with van der Waals surface area (Å²) in [6, 6.07) is 16.3. The van der Waals surface area contributed by atoms with E-state index in [1.54, 1.807) is 24.3 Å². The molecule has 0 saturated heterocycles. The molecule has 0 saturated carbocycles. The van der Waals surface area contributed by atoms with Crippen molar-refractivity contribution in [1.29, 1.82) is 0 Å². The Kier molecular flexibility index (Phi) is 4.04. The highest BCUT2D eigenvalue weighted by Crippen LogP contribution is 2.32. The molecule has 0 aliphatic rings. The summed E-state index contributed by atoms with van der Waals surface area (Å²) in [5, 5.41) is 20.3. The molecule has 0 fully saturated rings. The minimum atomic E-state index is 0.154. The van der Waals surface area contributed by atoms with Gasteiger partial charge in [0.15, 0.2) is 0 Å². The van der Waals surface area contributed by atoms with Gasteiger partial charge in [-0.2, -0.15) is 0 Å². The van der Waals surface area contributed by atoms with Crippen LogP contribution in [0.4, 0.5) is 0 Å². The van der Waals surface area contributed by atoms with Gasteiger partial charge in [-0.3, -0.25) is 0 Å². The van der Waals surface area contributed by atoms with E-state index in [1.807, 2.05) is 36.4 Å². The lowest BCUT2D eigenvalue weighted by Gasteiger charge is -2.11. The van der Waals surface area contributed by atoms with Gasteiger partial charge in [-0.1, -0.05) is 54.6 Å².